The zero-order chi connectivity index (χ0) is 21.2. The Bertz CT molecular complexity index is 647. The van der Waals surface area contributed by atoms with Crippen LogP contribution >= 0.6 is 0 Å². The van der Waals surface area contributed by atoms with E-state index in [2.05, 4.69) is 13.8 Å². The van der Waals surface area contributed by atoms with Gasteiger partial charge in [-0.1, -0.05) is 33.6 Å². The molecular formula is C24H40O5. The van der Waals surface area contributed by atoms with Gasteiger partial charge in [0.25, 0.3) is 5.79 Å². The minimum Gasteiger partial charge on any atom is -0.477 e. The maximum absolute atomic E-state index is 11.2. The van der Waals surface area contributed by atoms with Crippen LogP contribution in [0, 0.1) is 46.3 Å². The van der Waals surface area contributed by atoms with E-state index >= 15 is 0 Å². The summed E-state index contributed by atoms with van der Waals surface area (Å²) in [7, 11) is 0. The predicted octanol–water partition coefficient (Wildman–Crippen LogP) is 3.80. The van der Waals surface area contributed by atoms with Crippen LogP contribution in [0.15, 0.2) is 0 Å². The van der Waals surface area contributed by atoms with Crippen molar-refractivity contribution in [3.8, 4) is 0 Å². The van der Waals surface area contributed by atoms with Crippen LogP contribution in [0.5, 0.6) is 0 Å². The lowest BCUT2D eigenvalue weighted by Crippen LogP contribution is -2.56. The van der Waals surface area contributed by atoms with Crippen LogP contribution in [0.4, 0.5) is 0 Å². The Morgan fingerprint density at radius 2 is 1.62 bits per heavy atom. The van der Waals surface area contributed by atoms with Crippen molar-refractivity contribution in [2.45, 2.75) is 96.9 Å². The van der Waals surface area contributed by atoms with E-state index in [4.69, 9.17) is 5.11 Å². The number of fused-ring (bicyclic) bond motifs is 5. The highest BCUT2D eigenvalue weighted by atomic mass is 16.6. The summed E-state index contributed by atoms with van der Waals surface area (Å²) in [6.07, 6.45) is 10.9. The van der Waals surface area contributed by atoms with E-state index in [-0.39, 0.29) is 11.3 Å². The first-order valence-corrected chi connectivity index (χ1v) is 11.9. The average Bonchev–Trinajstić information content (AvgIpc) is 3.03. The van der Waals surface area contributed by atoms with Gasteiger partial charge >= 0.3 is 5.97 Å². The molecule has 0 aromatic carbocycles. The third kappa shape index (κ3) is 3.10. The summed E-state index contributed by atoms with van der Waals surface area (Å²) in [4.78, 5) is 11.2. The molecule has 0 amide bonds. The van der Waals surface area contributed by atoms with Gasteiger partial charge in [0.1, 0.15) is 6.10 Å². The van der Waals surface area contributed by atoms with Crippen LogP contribution in [0.3, 0.4) is 0 Å². The van der Waals surface area contributed by atoms with Crippen molar-refractivity contribution >= 4 is 5.97 Å². The lowest BCUT2D eigenvalue weighted by Gasteiger charge is -2.61. The molecule has 29 heavy (non-hydrogen) atoms. The molecule has 4 aliphatic carbocycles. The average molecular weight is 409 g/mol. The van der Waals surface area contributed by atoms with E-state index in [0.717, 1.165) is 37.0 Å². The zero-order valence-corrected chi connectivity index (χ0v) is 18.3. The Balaban J connectivity index is 1.56. The zero-order valence-electron chi connectivity index (χ0n) is 18.3. The molecule has 0 aromatic rings. The Morgan fingerprint density at radius 1 is 0.931 bits per heavy atom. The van der Waals surface area contributed by atoms with E-state index in [1.165, 1.54) is 44.9 Å². The molecule has 0 radical (unpaired) electrons. The predicted molar refractivity (Wildman–Crippen MR) is 110 cm³/mol. The molecule has 5 nitrogen and oxygen atoms in total. The fraction of sp³-hybridized carbons (Fsp3) is 0.958. The fourth-order valence-corrected chi connectivity index (χ4v) is 8.91. The number of aliphatic carboxylic acids is 1. The molecule has 0 aliphatic heterocycles. The Hall–Kier alpha value is -0.650. The van der Waals surface area contributed by atoms with E-state index < -0.39 is 23.8 Å². The molecule has 1 unspecified atom stereocenters. The summed E-state index contributed by atoms with van der Waals surface area (Å²) >= 11 is 0. The van der Waals surface area contributed by atoms with Gasteiger partial charge in [-0.3, -0.25) is 0 Å². The number of carbonyl (C=O) groups is 1. The third-order valence-electron chi connectivity index (χ3n) is 10.5. The summed E-state index contributed by atoms with van der Waals surface area (Å²) in [5.41, 5.74) is 0.536. The minimum absolute atomic E-state index is 0.0496. The second kappa shape index (κ2) is 7.20. The number of aliphatic hydroxyl groups excluding tert-OH is 1. The molecule has 4 saturated carbocycles. The number of aliphatic hydroxyl groups is 3. The van der Waals surface area contributed by atoms with Gasteiger partial charge in [-0.25, -0.2) is 4.79 Å². The number of rotatable bonds is 4. The number of carboxylic acid groups (broad SMARTS) is 1. The summed E-state index contributed by atoms with van der Waals surface area (Å²) in [6, 6.07) is 0. The van der Waals surface area contributed by atoms with Crippen molar-refractivity contribution in [1.82, 2.24) is 0 Å². The van der Waals surface area contributed by atoms with Crippen molar-refractivity contribution in [3.63, 3.8) is 0 Å². The van der Waals surface area contributed by atoms with Gasteiger partial charge in [0, 0.05) is 0 Å². The smallest absolute Gasteiger partial charge is 0.366 e. The van der Waals surface area contributed by atoms with E-state index in [0.29, 0.717) is 11.3 Å². The fourth-order valence-electron chi connectivity index (χ4n) is 8.91. The standard InChI is InChI=1S/C24H40O5/c1-14(20(25)24(28,29)21(26)27)17-9-10-18-16-8-7-15-6-4-5-12-22(15,2)19(16)11-13-23(17,18)3/h14-20,25,28-29H,4-13H2,1-3H3,(H,26,27)/t14-,15-,16-,17+,18-,19-,20?,22-,23+/m0/s1. The van der Waals surface area contributed by atoms with Crippen LogP contribution in [0.2, 0.25) is 0 Å². The summed E-state index contributed by atoms with van der Waals surface area (Å²) in [6.45, 7) is 6.70. The first-order chi connectivity index (χ1) is 13.5. The van der Waals surface area contributed by atoms with Crippen LogP contribution < -0.4 is 0 Å². The topological polar surface area (TPSA) is 98.0 Å². The third-order valence-corrected chi connectivity index (χ3v) is 10.5. The van der Waals surface area contributed by atoms with Gasteiger partial charge in [0.2, 0.25) is 0 Å². The molecular weight excluding hydrogens is 368 g/mol. The summed E-state index contributed by atoms with van der Waals surface area (Å²) in [5, 5.41) is 39.5. The van der Waals surface area contributed by atoms with Gasteiger partial charge in [-0.15, -0.1) is 0 Å². The van der Waals surface area contributed by atoms with Crippen molar-refractivity contribution < 1.29 is 25.2 Å². The molecule has 0 spiro atoms. The summed E-state index contributed by atoms with van der Waals surface area (Å²) < 4.78 is 0. The van der Waals surface area contributed by atoms with Crippen LogP contribution in [0.25, 0.3) is 0 Å². The molecule has 4 aliphatic rings. The lowest BCUT2D eigenvalue weighted by atomic mass is 9.44. The van der Waals surface area contributed by atoms with E-state index in [1.807, 2.05) is 0 Å². The monoisotopic (exact) mass is 408 g/mol. The Labute approximate surface area is 174 Å². The van der Waals surface area contributed by atoms with Crippen LogP contribution in [-0.2, 0) is 4.79 Å². The normalized spacial score (nSPS) is 46.9. The molecule has 4 N–H and O–H groups in total. The van der Waals surface area contributed by atoms with Crippen molar-refractivity contribution in [2.75, 3.05) is 0 Å². The van der Waals surface area contributed by atoms with Gasteiger partial charge in [0.15, 0.2) is 0 Å². The van der Waals surface area contributed by atoms with Gasteiger partial charge < -0.3 is 20.4 Å². The first-order valence-electron chi connectivity index (χ1n) is 11.9. The van der Waals surface area contributed by atoms with Crippen molar-refractivity contribution in [3.05, 3.63) is 0 Å². The highest BCUT2D eigenvalue weighted by Gasteiger charge is 2.61. The highest BCUT2D eigenvalue weighted by Crippen LogP contribution is 2.68. The SMILES string of the molecule is C[C@H](C(O)C(O)(O)C(=O)O)[C@H]1CC[C@H]2[C@@H]3CC[C@@H]4CCCC[C@]4(C)[C@H]3CC[C@]12C. The van der Waals surface area contributed by atoms with Gasteiger partial charge in [-0.05, 0) is 97.7 Å². The van der Waals surface area contributed by atoms with Gasteiger partial charge in [0.05, 0.1) is 0 Å². The lowest BCUT2D eigenvalue weighted by molar-refractivity contribution is -0.249. The van der Waals surface area contributed by atoms with Gasteiger partial charge in [-0.2, -0.15) is 0 Å². The quantitative estimate of drug-likeness (QED) is 0.531. The largest absolute Gasteiger partial charge is 0.477 e. The van der Waals surface area contributed by atoms with E-state index in [1.54, 1.807) is 6.92 Å². The molecule has 9 atom stereocenters. The number of hydrogen-bond acceptors (Lipinski definition) is 4. The minimum atomic E-state index is -3.08. The van der Waals surface area contributed by atoms with Crippen LogP contribution in [0.1, 0.15) is 85.0 Å². The Morgan fingerprint density at radius 3 is 2.31 bits per heavy atom. The molecule has 4 fully saturated rings. The van der Waals surface area contributed by atoms with Crippen molar-refractivity contribution in [2.24, 2.45) is 46.3 Å². The molecule has 0 saturated heterocycles. The maximum atomic E-state index is 11.2. The highest BCUT2D eigenvalue weighted by molar-refractivity contribution is 5.75. The summed E-state index contributed by atoms with van der Waals surface area (Å²) in [5.74, 6) is -2.17. The van der Waals surface area contributed by atoms with Crippen molar-refractivity contribution in [1.29, 1.82) is 0 Å². The number of carboxylic acids is 1. The first kappa shape index (κ1) is 21.6. The van der Waals surface area contributed by atoms with Crippen LogP contribution in [-0.4, -0.2) is 38.3 Å². The second-order valence-electron chi connectivity index (χ2n) is 11.5. The van der Waals surface area contributed by atoms with E-state index in [9.17, 15) is 20.1 Å². The molecule has 4 rings (SSSR count). The molecule has 0 aromatic heterocycles. The molecule has 0 bridgehead atoms. The molecule has 166 valence electrons. The maximum Gasteiger partial charge on any atom is 0.366 e. The second-order valence-corrected chi connectivity index (χ2v) is 11.5. The number of hydrogen-bond donors (Lipinski definition) is 4. The molecule has 5 heteroatoms. The molecule has 0 heterocycles. The Kier molecular flexibility index (Phi) is 5.36.